The van der Waals surface area contributed by atoms with Crippen molar-refractivity contribution in [3.05, 3.63) is 24.3 Å². The fourth-order valence-corrected chi connectivity index (χ4v) is 2.73. The first-order chi connectivity index (χ1) is 10.1. The van der Waals surface area contributed by atoms with Gasteiger partial charge in [-0.2, -0.15) is 0 Å². The molecule has 1 atom stereocenters. The maximum Gasteiger partial charge on any atom is 0.226 e. The Labute approximate surface area is 125 Å². The summed E-state index contributed by atoms with van der Waals surface area (Å²) < 4.78 is 0. The van der Waals surface area contributed by atoms with Crippen LogP contribution in [0, 0.1) is 5.92 Å². The Kier molecular flexibility index (Phi) is 5.20. The predicted octanol–water partition coefficient (Wildman–Crippen LogP) is 2.25. The summed E-state index contributed by atoms with van der Waals surface area (Å²) in [7, 11) is 0. The minimum Gasteiger partial charge on any atom is -0.397 e. The summed E-state index contributed by atoms with van der Waals surface area (Å²) >= 11 is 0. The molecule has 5 nitrogen and oxygen atoms in total. The number of nitrogen functional groups attached to an aromatic ring is 1. The minimum atomic E-state index is -0.111. The molecule has 1 fully saturated rings. The number of benzene rings is 1. The fraction of sp³-hybridized carbons (Fsp3) is 0.500. The zero-order chi connectivity index (χ0) is 15.2. The molecule has 0 aliphatic carbocycles. The van der Waals surface area contributed by atoms with Gasteiger partial charge in [-0.05, 0) is 24.5 Å². The Balaban J connectivity index is 1.79. The van der Waals surface area contributed by atoms with Crippen molar-refractivity contribution in [2.45, 2.75) is 32.6 Å². The topological polar surface area (TPSA) is 75.4 Å². The molecule has 114 valence electrons. The number of nitrogens with two attached hydrogens (primary N) is 1. The first-order valence-electron chi connectivity index (χ1n) is 7.52. The number of nitrogens with zero attached hydrogens (tertiary/aromatic N) is 1. The summed E-state index contributed by atoms with van der Waals surface area (Å²) in [5.41, 5.74) is 6.95. The molecule has 1 aliphatic rings. The van der Waals surface area contributed by atoms with Gasteiger partial charge in [0.1, 0.15) is 0 Å². The van der Waals surface area contributed by atoms with Crippen LogP contribution < -0.4 is 11.1 Å². The molecule has 1 unspecified atom stereocenters. The van der Waals surface area contributed by atoms with Gasteiger partial charge in [0, 0.05) is 25.9 Å². The number of nitrogens with one attached hydrogen (secondary N) is 1. The third-order valence-electron chi connectivity index (χ3n) is 3.84. The van der Waals surface area contributed by atoms with Crippen molar-refractivity contribution in [3.8, 4) is 0 Å². The van der Waals surface area contributed by atoms with E-state index in [0.29, 0.717) is 36.7 Å². The van der Waals surface area contributed by atoms with Gasteiger partial charge in [0.05, 0.1) is 11.4 Å². The van der Waals surface area contributed by atoms with Crippen LogP contribution in [0.3, 0.4) is 0 Å². The van der Waals surface area contributed by atoms with Crippen LogP contribution in [0.1, 0.15) is 32.6 Å². The highest BCUT2D eigenvalue weighted by Gasteiger charge is 2.28. The second kappa shape index (κ2) is 7.11. The monoisotopic (exact) mass is 289 g/mol. The van der Waals surface area contributed by atoms with Crippen molar-refractivity contribution in [2.24, 2.45) is 5.92 Å². The van der Waals surface area contributed by atoms with E-state index in [-0.39, 0.29) is 11.8 Å². The SMILES string of the molecule is CCCC1CC(=O)N(CCC(=O)Nc2ccccc2N)C1. The highest BCUT2D eigenvalue weighted by molar-refractivity contribution is 5.94. The largest absolute Gasteiger partial charge is 0.397 e. The van der Waals surface area contributed by atoms with E-state index < -0.39 is 0 Å². The summed E-state index contributed by atoms with van der Waals surface area (Å²) in [6, 6.07) is 7.16. The molecule has 5 heteroatoms. The van der Waals surface area contributed by atoms with Gasteiger partial charge in [0.25, 0.3) is 0 Å². The van der Waals surface area contributed by atoms with Crippen LogP contribution in [0.15, 0.2) is 24.3 Å². The van der Waals surface area contributed by atoms with Gasteiger partial charge >= 0.3 is 0 Å². The molecule has 2 amide bonds. The zero-order valence-corrected chi connectivity index (χ0v) is 12.5. The summed E-state index contributed by atoms with van der Waals surface area (Å²) in [5, 5.41) is 2.78. The maximum absolute atomic E-state index is 11.9. The molecule has 21 heavy (non-hydrogen) atoms. The molecule has 1 aliphatic heterocycles. The van der Waals surface area contributed by atoms with Crippen LogP contribution in [-0.2, 0) is 9.59 Å². The number of carbonyl (C=O) groups excluding carboxylic acids is 2. The molecule has 1 saturated heterocycles. The van der Waals surface area contributed by atoms with Crippen molar-refractivity contribution >= 4 is 23.2 Å². The van der Waals surface area contributed by atoms with Gasteiger partial charge in [-0.1, -0.05) is 25.5 Å². The number of anilines is 2. The van der Waals surface area contributed by atoms with Gasteiger partial charge in [0.2, 0.25) is 11.8 Å². The van der Waals surface area contributed by atoms with E-state index >= 15 is 0 Å². The molecule has 0 spiro atoms. The molecule has 1 aromatic rings. The first-order valence-corrected chi connectivity index (χ1v) is 7.52. The number of hydrogen-bond acceptors (Lipinski definition) is 3. The second-order valence-electron chi connectivity index (χ2n) is 5.58. The number of para-hydroxylation sites is 2. The Hall–Kier alpha value is -2.04. The van der Waals surface area contributed by atoms with Crippen molar-refractivity contribution < 1.29 is 9.59 Å². The van der Waals surface area contributed by atoms with Gasteiger partial charge in [-0.25, -0.2) is 0 Å². The summed E-state index contributed by atoms with van der Waals surface area (Å²) in [4.78, 5) is 25.6. The zero-order valence-electron chi connectivity index (χ0n) is 12.5. The molecular formula is C16H23N3O2. The lowest BCUT2D eigenvalue weighted by Crippen LogP contribution is -2.29. The van der Waals surface area contributed by atoms with Crippen molar-refractivity contribution in [1.82, 2.24) is 4.90 Å². The van der Waals surface area contributed by atoms with Crippen LogP contribution >= 0.6 is 0 Å². The van der Waals surface area contributed by atoms with Crippen LogP contribution in [0.2, 0.25) is 0 Å². The van der Waals surface area contributed by atoms with E-state index in [9.17, 15) is 9.59 Å². The molecule has 0 aromatic heterocycles. The van der Waals surface area contributed by atoms with Crippen LogP contribution in [0.4, 0.5) is 11.4 Å². The standard InChI is InChI=1S/C16H23N3O2/c1-2-5-12-10-16(21)19(11-12)9-8-15(20)18-14-7-4-3-6-13(14)17/h3-4,6-7,12H,2,5,8-11,17H2,1H3,(H,18,20). The Morgan fingerprint density at radius 1 is 1.43 bits per heavy atom. The van der Waals surface area contributed by atoms with Crippen LogP contribution in [0.5, 0.6) is 0 Å². The average Bonchev–Trinajstić information content (AvgIpc) is 2.80. The lowest BCUT2D eigenvalue weighted by atomic mass is 10.0. The molecule has 0 bridgehead atoms. The van der Waals surface area contributed by atoms with E-state index in [1.807, 2.05) is 12.1 Å². The van der Waals surface area contributed by atoms with E-state index in [4.69, 9.17) is 5.73 Å². The normalized spacial score (nSPS) is 18.0. The molecule has 1 aromatic carbocycles. The Morgan fingerprint density at radius 2 is 2.19 bits per heavy atom. The number of likely N-dealkylation sites (tertiary alicyclic amines) is 1. The second-order valence-corrected chi connectivity index (χ2v) is 5.58. The maximum atomic E-state index is 11.9. The van der Waals surface area contributed by atoms with Gasteiger partial charge in [-0.15, -0.1) is 0 Å². The van der Waals surface area contributed by atoms with Crippen molar-refractivity contribution in [1.29, 1.82) is 0 Å². The molecule has 0 radical (unpaired) electrons. The quantitative estimate of drug-likeness (QED) is 0.789. The third-order valence-corrected chi connectivity index (χ3v) is 3.84. The van der Waals surface area contributed by atoms with E-state index in [1.165, 1.54) is 0 Å². The van der Waals surface area contributed by atoms with Crippen molar-refractivity contribution in [3.63, 3.8) is 0 Å². The predicted molar refractivity (Wildman–Crippen MR) is 83.7 cm³/mol. The van der Waals surface area contributed by atoms with E-state index in [0.717, 1.165) is 19.4 Å². The molecule has 3 N–H and O–H groups in total. The highest BCUT2D eigenvalue weighted by atomic mass is 16.2. The lowest BCUT2D eigenvalue weighted by Gasteiger charge is -2.16. The van der Waals surface area contributed by atoms with E-state index in [1.54, 1.807) is 17.0 Å². The molecule has 0 saturated carbocycles. The molecular weight excluding hydrogens is 266 g/mol. The Bertz CT molecular complexity index is 516. The summed E-state index contributed by atoms with van der Waals surface area (Å²) in [5.74, 6) is 0.510. The lowest BCUT2D eigenvalue weighted by molar-refractivity contribution is -0.128. The number of amides is 2. The van der Waals surface area contributed by atoms with E-state index in [2.05, 4.69) is 12.2 Å². The number of rotatable bonds is 6. The molecule has 2 rings (SSSR count). The number of carbonyl (C=O) groups is 2. The fourth-order valence-electron chi connectivity index (χ4n) is 2.73. The summed E-state index contributed by atoms with van der Waals surface area (Å²) in [6.07, 6.45) is 3.11. The van der Waals surface area contributed by atoms with Crippen molar-refractivity contribution in [2.75, 3.05) is 24.1 Å². The minimum absolute atomic E-state index is 0.111. The smallest absolute Gasteiger partial charge is 0.226 e. The number of hydrogen-bond donors (Lipinski definition) is 2. The first kappa shape index (κ1) is 15.4. The van der Waals surface area contributed by atoms with Gasteiger partial charge < -0.3 is 16.0 Å². The van der Waals surface area contributed by atoms with Gasteiger partial charge in [-0.3, -0.25) is 9.59 Å². The Morgan fingerprint density at radius 3 is 2.90 bits per heavy atom. The summed E-state index contributed by atoms with van der Waals surface area (Å²) in [6.45, 7) is 3.40. The van der Waals surface area contributed by atoms with Crippen LogP contribution in [-0.4, -0.2) is 29.8 Å². The third kappa shape index (κ3) is 4.21. The highest BCUT2D eigenvalue weighted by Crippen LogP contribution is 2.22. The van der Waals surface area contributed by atoms with Crippen LogP contribution in [0.25, 0.3) is 0 Å². The van der Waals surface area contributed by atoms with Gasteiger partial charge in [0.15, 0.2) is 0 Å². The average molecular weight is 289 g/mol. The molecule has 1 heterocycles.